The minimum absolute atomic E-state index is 0.384. The van der Waals surface area contributed by atoms with Crippen molar-refractivity contribution < 1.29 is 14.6 Å². The highest BCUT2D eigenvalue weighted by atomic mass is 35.5. The molecule has 108 valence electrons. The Bertz CT molecular complexity index is 504. The third-order valence-electron chi connectivity index (χ3n) is 3.39. The molecule has 5 heteroatoms. The van der Waals surface area contributed by atoms with Crippen LogP contribution in [0.15, 0.2) is 30.9 Å². The van der Waals surface area contributed by atoms with Crippen LogP contribution in [0.25, 0.3) is 0 Å². The van der Waals surface area contributed by atoms with Crippen molar-refractivity contribution in [3.8, 4) is 5.75 Å². The number of ether oxygens (including phenoxy) is 1. The molecule has 1 aliphatic heterocycles. The van der Waals surface area contributed by atoms with Crippen LogP contribution >= 0.6 is 11.6 Å². The van der Waals surface area contributed by atoms with Gasteiger partial charge in [0.2, 0.25) is 0 Å². The summed E-state index contributed by atoms with van der Waals surface area (Å²) in [6.07, 6.45) is 3.29. The molecular weight excluding hydrogens is 278 g/mol. The summed E-state index contributed by atoms with van der Waals surface area (Å²) in [6.45, 7) is 5.40. The lowest BCUT2D eigenvalue weighted by Gasteiger charge is -2.21. The largest absolute Gasteiger partial charge is 0.488 e. The Labute approximate surface area is 123 Å². The Kier molecular flexibility index (Phi) is 5.04. The second-order valence-electron chi connectivity index (χ2n) is 4.83. The molecule has 0 aliphatic carbocycles. The lowest BCUT2D eigenvalue weighted by Crippen LogP contribution is -2.35. The lowest BCUT2D eigenvalue weighted by atomic mass is 10.1. The number of carboxylic acid groups (broad SMARTS) is 1. The van der Waals surface area contributed by atoms with E-state index in [1.165, 1.54) is 0 Å². The van der Waals surface area contributed by atoms with Crippen molar-refractivity contribution in [2.45, 2.75) is 25.4 Å². The first-order valence-corrected chi connectivity index (χ1v) is 6.98. The summed E-state index contributed by atoms with van der Waals surface area (Å²) in [5.41, 5.74) is 0.995. The van der Waals surface area contributed by atoms with Gasteiger partial charge in [-0.15, -0.1) is 0 Å². The maximum atomic E-state index is 11.1. The van der Waals surface area contributed by atoms with Gasteiger partial charge in [-0.3, -0.25) is 9.69 Å². The van der Waals surface area contributed by atoms with Gasteiger partial charge in [0.25, 0.3) is 0 Å². The zero-order valence-corrected chi connectivity index (χ0v) is 12.0. The van der Waals surface area contributed by atoms with Gasteiger partial charge in [0.15, 0.2) is 0 Å². The standard InChI is InChI=1S/C15H18ClNO3/c1-2-8-20-14-6-5-11(9-12(14)16)10-17-7-3-4-13(17)15(18)19/h2,5-6,9,13H,1,3-4,7-8,10H2,(H,18,19)/t13-/m1/s1. The average Bonchev–Trinajstić information content (AvgIpc) is 2.86. The minimum Gasteiger partial charge on any atom is -0.488 e. The van der Waals surface area contributed by atoms with Gasteiger partial charge < -0.3 is 9.84 Å². The average molecular weight is 296 g/mol. The Morgan fingerprint density at radius 3 is 3.05 bits per heavy atom. The molecule has 0 spiro atoms. The van der Waals surface area contributed by atoms with Gasteiger partial charge in [0.05, 0.1) is 5.02 Å². The van der Waals surface area contributed by atoms with Crippen LogP contribution in [0.5, 0.6) is 5.75 Å². The number of rotatable bonds is 6. The smallest absolute Gasteiger partial charge is 0.320 e. The van der Waals surface area contributed by atoms with Gasteiger partial charge in [0.1, 0.15) is 18.4 Å². The fraction of sp³-hybridized carbons (Fsp3) is 0.400. The molecule has 0 unspecified atom stereocenters. The van der Waals surface area contributed by atoms with Crippen molar-refractivity contribution in [3.05, 3.63) is 41.4 Å². The molecule has 2 rings (SSSR count). The number of nitrogens with zero attached hydrogens (tertiary/aromatic N) is 1. The highest BCUT2D eigenvalue weighted by molar-refractivity contribution is 6.32. The van der Waals surface area contributed by atoms with Crippen LogP contribution < -0.4 is 4.74 Å². The number of benzene rings is 1. The summed E-state index contributed by atoms with van der Waals surface area (Å²) in [5.74, 6) is -0.133. The Hall–Kier alpha value is -1.52. The predicted octanol–water partition coefficient (Wildman–Crippen LogP) is 2.95. The third kappa shape index (κ3) is 3.52. The molecular formula is C15H18ClNO3. The molecule has 0 amide bonds. The van der Waals surface area contributed by atoms with Crippen LogP contribution in [0.2, 0.25) is 5.02 Å². The van der Waals surface area contributed by atoms with Crippen LogP contribution in [0.3, 0.4) is 0 Å². The van der Waals surface area contributed by atoms with Gasteiger partial charge >= 0.3 is 5.97 Å². The van der Waals surface area contributed by atoms with Crippen molar-refractivity contribution in [2.75, 3.05) is 13.2 Å². The van der Waals surface area contributed by atoms with E-state index in [0.717, 1.165) is 18.5 Å². The Morgan fingerprint density at radius 1 is 1.60 bits per heavy atom. The van der Waals surface area contributed by atoms with Gasteiger partial charge in [-0.2, -0.15) is 0 Å². The summed E-state index contributed by atoms with van der Waals surface area (Å²) in [7, 11) is 0. The van der Waals surface area contributed by atoms with E-state index < -0.39 is 5.97 Å². The van der Waals surface area contributed by atoms with Crippen LogP contribution in [0, 0.1) is 0 Å². The van der Waals surface area contributed by atoms with E-state index in [2.05, 4.69) is 6.58 Å². The molecule has 4 nitrogen and oxygen atoms in total. The number of aliphatic carboxylic acids is 1. The van der Waals surface area contributed by atoms with Crippen LogP contribution in [-0.4, -0.2) is 35.2 Å². The van der Waals surface area contributed by atoms with E-state index in [0.29, 0.717) is 30.3 Å². The number of hydrogen-bond acceptors (Lipinski definition) is 3. The Balaban J connectivity index is 2.04. The summed E-state index contributed by atoms with van der Waals surface area (Å²) in [6, 6.07) is 5.18. The predicted molar refractivity (Wildman–Crippen MR) is 78.2 cm³/mol. The maximum Gasteiger partial charge on any atom is 0.320 e. The van der Waals surface area contributed by atoms with E-state index in [4.69, 9.17) is 21.4 Å². The molecule has 0 radical (unpaired) electrons. The topological polar surface area (TPSA) is 49.8 Å². The van der Waals surface area contributed by atoms with Crippen molar-refractivity contribution in [2.24, 2.45) is 0 Å². The quantitative estimate of drug-likeness (QED) is 0.820. The highest BCUT2D eigenvalue weighted by Crippen LogP contribution is 2.27. The molecule has 20 heavy (non-hydrogen) atoms. The first-order chi connectivity index (χ1) is 9.61. The van der Waals surface area contributed by atoms with E-state index in [1.807, 2.05) is 23.1 Å². The first kappa shape index (κ1) is 14.9. The fourth-order valence-corrected chi connectivity index (χ4v) is 2.70. The number of likely N-dealkylation sites (tertiary alicyclic amines) is 1. The van der Waals surface area contributed by atoms with Gasteiger partial charge in [-0.05, 0) is 37.1 Å². The molecule has 1 fully saturated rings. The molecule has 1 aromatic carbocycles. The second kappa shape index (κ2) is 6.77. The number of carbonyl (C=O) groups is 1. The zero-order valence-electron chi connectivity index (χ0n) is 11.2. The van der Waals surface area contributed by atoms with E-state index in [-0.39, 0.29) is 6.04 Å². The maximum absolute atomic E-state index is 11.1. The summed E-state index contributed by atoms with van der Waals surface area (Å²) in [5, 5.41) is 9.70. The Morgan fingerprint density at radius 2 is 2.40 bits per heavy atom. The molecule has 1 N–H and O–H groups in total. The van der Waals surface area contributed by atoms with E-state index >= 15 is 0 Å². The van der Waals surface area contributed by atoms with Crippen LogP contribution in [-0.2, 0) is 11.3 Å². The van der Waals surface area contributed by atoms with Crippen LogP contribution in [0.1, 0.15) is 18.4 Å². The SMILES string of the molecule is C=CCOc1ccc(CN2CCC[C@@H]2C(=O)O)cc1Cl. The summed E-state index contributed by atoms with van der Waals surface area (Å²) in [4.78, 5) is 13.1. The highest BCUT2D eigenvalue weighted by Gasteiger charge is 2.30. The summed E-state index contributed by atoms with van der Waals surface area (Å²) < 4.78 is 5.41. The first-order valence-electron chi connectivity index (χ1n) is 6.61. The number of halogens is 1. The third-order valence-corrected chi connectivity index (χ3v) is 3.68. The van der Waals surface area contributed by atoms with Crippen LogP contribution in [0.4, 0.5) is 0 Å². The molecule has 0 bridgehead atoms. The summed E-state index contributed by atoms with van der Waals surface area (Å²) >= 11 is 6.16. The van der Waals surface area contributed by atoms with Crippen molar-refractivity contribution >= 4 is 17.6 Å². The zero-order chi connectivity index (χ0) is 14.5. The van der Waals surface area contributed by atoms with Crippen molar-refractivity contribution in [3.63, 3.8) is 0 Å². The number of hydrogen-bond donors (Lipinski definition) is 1. The van der Waals surface area contributed by atoms with E-state index in [9.17, 15) is 4.79 Å². The van der Waals surface area contributed by atoms with Gasteiger partial charge in [0, 0.05) is 6.54 Å². The van der Waals surface area contributed by atoms with Crippen molar-refractivity contribution in [1.29, 1.82) is 0 Å². The molecule has 1 saturated heterocycles. The van der Waals surface area contributed by atoms with Crippen molar-refractivity contribution in [1.82, 2.24) is 4.90 Å². The fourth-order valence-electron chi connectivity index (χ4n) is 2.44. The molecule has 0 aromatic heterocycles. The van der Waals surface area contributed by atoms with Gasteiger partial charge in [-0.1, -0.05) is 30.3 Å². The molecule has 0 saturated carbocycles. The van der Waals surface area contributed by atoms with Gasteiger partial charge in [-0.25, -0.2) is 0 Å². The minimum atomic E-state index is -0.750. The normalized spacial score (nSPS) is 18.9. The number of carboxylic acids is 1. The van der Waals surface area contributed by atoms with E-state index in [1.54, 1.807) is 6.08 Å². The molecule has 1 aliphatic rings. The molecule has 1 heterocycles. The second-order valence-corrected chi connectivity index (χ2v) is 5.24. The molecule has 1 atom stereocenters. The lowest BCUT2D eigenvalue weighted by molar-refractivity contribution is -0.142. The molecule has 1 aromatic rings. The monoisotopic (exact) mass is 295 g/mol.